The fourth-order valence-electron chi connectivity index (χ4n) is 1.81. The van der Waals surface area contributed by atoms with E-state index in [4.69, 9.17) is 0 Å². The molecule has 5 heteroatoms. The summed E-state index contributed by atoms with van der Waals surface area (Å²) in [6.07, 6.45) is 1.66. The van der Waals surface area contributed by atoms with Crippen LogP contribution in [-0.2, 0) is 6.54 Å². The lowest BCUT2D eigenvalue weighted by atomic mass is 10.1. The molecule has 0 aliphatic rings. The van der Waals surface area contributed by atoms with Gasteiger partial charge in [0, 0.05) is 12.1 Å². The molecular formula is C14H19FN4. The average Bonchev–Trinajstić information content (AvgIpc) is 2.73. The standard InChI is InChI=1S/C14H19FN4/c1-10-6-5-7-12(15)13(10)19-11(9-17-18-19)8-16-14(2,3)4/h5-7,9,16H,8H2,1-4H3. The lowest BCUT2D eigenvalue weighted by Crippen LogP contribution is -2.35. The Morgan fingerprint density at radius 2 is 2.05 bits per heavy atom. The summed E-state index contributed by atoms with van der Waals surface area (Å²) in [4.78, 5) is 0. The number of para-hydroxylation sites is 1. The first-order chi connectivity index (χ1) is 8.88. The first kappa shape index (κ1) is 13.7. The lowest BCUT2D eigenvalue weighted by molar-refractivity contribution is 0.417. The van der Waals surface area contributed by atoms with Gasteiger partial charge in [0.15, 0.2) is 0 Å². The molecule has 0 aliphatic heterocycles. The van der Waals surface area contributed by atoms with Gasteiger partial charge in [0.25, 0.3) is 0 Å². The van der Waals surface area contributed by atoms with Gasteiger partial charge in [-0.2, -0.15) is 0 Å². The quantitative estimate of drug-likeness (QED) is 0.924. The molecular weight excluding hydrogens is 243 g/mol. The number of hydrogen-bond donors (Lipinski definition) is 1. The van der Waals surface area contributed by atoms with Crippen molar-refractivity contribution in [3.63, 3.8) is 0 Å². The van der Waals surface area contributed by atoms with Crippen LogP contribution in [0.25, 0.3) is 5.69 Å². The fourth-order valence-corrected chi connectivity index (χ4v) is 1.81. The molecule has 0 spiro atoms. The van der Waals surface area contributed by atoms with Gasteiger partial charge < -0.3 is 5.32 Å². The molecule has 1 aromatic heterocycles. The molecule has 1 N–H and O–H groups in total. The Kier molecular flexibility index (Phi) is 3.66. The molecule has 4 nitrogen and oxygen atoms in total. The number of aromatic nitrogens is 3. The van der Waals surface area contributed by atoms with Crippen LogP contribution < -0.4 is 5.32 Å². The molecule has 2 rings (SSSR count). The first-order valence-electron chi connectivity index (χ1n) is 6.28. The number of rotatable bonds is 3. The third-order valence-corrected chi connectivity index (χ3v) is 2.82. The highest BCUT2D eigenvalue weighted by atomic mass is 19.1. The predicted molar refractivity (Wildman–Crippen MR) is 72.6 cm³/mol. The van der Waals surface area contributed by atoms with Crippen molar-refractivity contribution in [2.24, 2.45) is 0 Å². The van der Waals surface area contributed by atoms with Crippen molar-refractivity contribution in [1.29, 1.82) is 0 Å². The largest absolute Gasteiger partial charge is 0.306 e. The van der Waals surface area contributed by atoms with Gasteiger partial charge in [-0.1, -0.05) is 17.3 Å². The molecule has 0 saturated heterocycles. The van der Waals surface area contributed by atoms with Crippen molar-refractivity contribution in [3.05, 3.63) is 41.5 Å². The molecule has 0 saturated carbocycles. The highest BCUT2D eigenvalue weighted by Gasteiger charge is 2.15. The average molecular weight is 262 g/mol. The topological polar surface area (TPSA) is 42.7 Å². The molecule has 0 aliphatic carbocycles. The molecule has 0 atom stereocenters. The smallest absolute Gasteiger partial charge is 0.149 e. The third-order valence-electron chi connectivity index (χ3n) is 2.82. The Morgan fingerprint density at radius 1 is 1.32 bits per heavy atom. The maximum atomic E-state index is 14.0. The third kappa shape index (κ3) is 3.17. The van der Waals surface area contributed by atoms with Gasteiger partial charge >= 0.3 is 0 Å². The van der Waals surface area contributed by atoms with E-state index in [0.717, 1.165) is 11.3 Å². The Labute approximate surface area is 112 Å². The molecule has 19 heavy (non-hydrogen) atoms. The lowest BCUT2D eigenvalue weighted by Gasteiger charge is -2.20. The number of halogens is 1. The second-order valence-corrected chi connectivity index (χ2v) is 5.65. The molecule has 1 aromatic carbocycles. The maximum absolute atomic E-state index is 14.0. The van der Waals surface area contributed by atoms with Gasteiger partial charge in [-0.15, -0.1) is 5.10 Å². The minimum atomic E-state index is -0.289. The van der Waals surface area contributed by atoms with Gasteiger partial charge in [-0.3, -0.25) is 0 Å². The Balaban J connectivity index is 2.34. The van der Waals surface area contributed by atoms with E-state index >= 15 is 0 Å². The van der Waals surface area contributed by atoms with Crippen LogP contribution in [0.4, 0.5) is 4.39 Å². The molecule has 2 aromatic rings. The van der Waals surface area contributed by atoms with E-state index in [1.54, 1.807) is 16.9 Å². The summed E-state index contributed by atoms with van der Waals surface area (Å²) < 4.78 is 15.5. The van der Waals surface area contributed by atoms with Gasteiger partial charge in [-0.05, 0) is 39.3 Å². The molecule has 0 fully saturated rings. The summed E-state index contributed by atoms with van der Waals surface area (Å²) >= 11 is 0. The van der Waals surface area contributed by atoms with Crippen LogP contribution in [0, 0.1) is 12.7 Å². The zero-order valence-corrected chi connectivity index (χ0v) is 11.7. The van der Waals surface area contributed by atoms with E-state index in [9.17, 15) is 4.39 Å². The molecule has 0 bridgehead atoms. The molecule has 0 unspecified atom stereocenters. The molecule has 1 heterocycles. The van der Waals surface area contributed by atoms with Crippen molar-refractivity contribution in [1.82, 2.24) is 20.3 Å². The molecule has 0 radical (unpaired) electrons. The fraction of sp³-hybridized carbons (Fsp3) is 0.429. The first-order valence-corrected chi connectivity index (χ1v) is 6.28. The van der Waals surface area contributed by atoms with Crippen molar-refractivity contribution in [3.8, 4) is 5.69 Å². The van der Waals surface area contributed by atoms with E-state index < -0.39 is 0 Å². The number of nitrogens with one attached hydrogen (secondary N) is 1. The number of hydrogen-bond acceptors (Lipinski definition) is 3. The predicted octanol–water partition coefficient (Wildman–Crippen LogP) is 2.60. The number of benzene rings is 1. The Hall–Kier alpha value is -1.75. The molecule has 102 valence electrons. The second-order valence-electron chi connectivity index (χ2n) is 5.65. The van der Waals surface area contributed by atoms with Gasteiger partial charge in [-0.25, -0.2) is 9.07 Å². The van der Waals surface area contributed by atoms with E-state index in [1.165, 1.54) is 6.07 Å². The van der Waals surface area contributed by atoms with Crippen LogP contribution in [0.5, 0.6) is 0 Å². The van der Waals surface area contributed by atoms with Crippen molar-refractivity contribution in [2.45, 2.75) is 39.8 Å². The summed E-state index contributed by atoms with van der Waals surface area (Å²) in [5, 5.41) is 11.2. The van der Waals surface area contributed by atoms with Crippen LogP contribution in [0.1, 0.15) is 32.0 Å². The minimum absolute atomic E-state index is 0.0145. The van der Waals surface area contributed by atoms with Crippen molar-refractivity contribution >= 4 is 0 Å². The summed E-state index contributed by atoms with van der Waals surface area (Å²) in [5.74, 6) is -0.289. The normalized spacial score (nSPS) is 11.8. The SMILES string of the molecule is Cc1cccc(F)c1-n1nncc1CNC(C)(C)C. The van der Waals surface area contributed by atoms with Gasteiger partial charge in [0.2, 0.25) is 0 Å². The van der Waals surface area contributed by atoms with Crippen molar-refractivity contribution in [2.75, 3.05) is 0 Å². The van der Waals surface area contributed by atoms with E-state index in [2.05, 4.69) is 36.4 Å². The highest BCUT2D eigenvalue weighted by molar-refractivity contribution is 5.41. The second kappa shape index (κ2) is 5.09. The number of nitrogens with zero attached hydrogens (tertiary/aromatic N) is 3. The Morgan fingerprint density at radius 3 is 2.68 bits per heavy atom. The van der Waals surface area contributed by atoms with Crippen molar-refractivity contribution < 1.29 is 4.39 Å². The zero-order valence-electron chi connectivity index (χ0n) is 11.7. The highest BCUT2D eigenvalue weighted by Crippen LogP contribution is 2.18. The maximum Gasteiger partial charge on any atom is 0.149 e. The van der Waals surface area contributed by atoms with E-state index in [0.29, 0.717) is 12.2 Å². The van der Waals surface area contributed by atoms with Crippen LogP contribution in [0.15, 0.2) is 24.4 Å². The van der Waals surface area contributed by atoms with E-state index in [1.807, 2.05) is 13.0 Å². The van der Waals surface area contributed by atoms with Crippen LogP contribution >= 0.6 is 0 Å². The van der Waals surface area contributed by atoms with Crippen LogP contribution in [-0.4, -0.2) is 20.5 Å². The number of aryl methyl sites for hydroxylation is 1. The zero-order chi connectivity index (χ0) is 14.0. The Bertz CT molecular complexity index is 549. The summed E-state index contributed by atoms with van der Waals surface area (Å²) in [5.41, 5.74) is 2.12. The molecule has 0 amide bonds. The van der Waals surface area contributed by atoms with Crippen LogP contribution in [0.3, 0.4) is 0 Å². The van der Waals surface area contributed by atoms with Gasteiger partial charge in [0.05, 0.1) is 11.9 Å². The van der Waals surface area contributed by atoms with Crippen LogP contribution in [0.2, 0.25) is 0 Å². The summed E-state index contributed by atoms with van der Waals surface area (Å²) in [7, 11) is 0. The summed E-state index contributed by atoms with van der Waals surface area (Å²) in [6.45, 7) is 8.69. The monoisotopic (exact) mass is 262 g/mol. The minimum Gasteiger partial charge on any atom is -0.306 e. The van der Waals surface area contributed by atoms with E-state index in [-0.39, 0.29) is 11.4 Å². The van der Waals surface area contributed by atoms with Gasteiger partial charge in [0.1, 0.15) is 11.5 Å². The summed E-state index contributed by atoms with van der Waals surface area (Å²) in [6, 6.07) is 4.99.